The van der Waals surface area contributed by atoms with Gasteiger partial charge in [-0.05, 0) is 37.1 Å². The van der Waals surface area contributed by atoms with Crippen LogP contribution in [-0.4, -0.2) is 28.8 Å². The van der Waals surface area contributed by atoms with Gasteiger partial charge in [0.1, 0.15) is 5.75 Å². The lowest BCUT2D eigenvalue weighted by atomic mass is 10.1. The second-order valence-electron chi connectivity index (χ2n) is 4.05. The lowest BCUT2D eigenvalue weighted by Crippen LogP contribution is -2.33. The number of fused-ring (bicyclic) bond motifs is 1. The number of rotatable bonds is 3. The first kappa shape index (κ1) is 10.8. The number of carboxylic acids is 1. The molecular weight excluding hydrogens is 206 g/mol. The lowest BCUT2D eigenvalue weighted by Gasteiger charge is -2.24. The first-order valence-electron chi connectivity index (χ1n) is 5.42. The van der Waals surface area contributed by atoms with Gasteiger partial charge in [-0.2, -0.15) is 0 Å². The molecule has 16 heavy (non-hydrogen) atoms. The van der Waals surface area contributed by atoms with Gasteiger partial charge in [0.05, 0.1) is 6.42 Å². The van der Waals surface area contributed by atoms with Crippen molar-refractivity contribution in [2.45, 2.75) is 25.8 Å². The Morgan fingerprint density at radius 1 is 1.56 bits per heavy atom. The molecule has 4 nitrogen and oxygen atoms in total. The second kappa shape index (κ2) is 4.04. The van der Waals surface area contributed by atoms with Crippen LogP contribution in [0.3, 0.4) is 0 Å². The summed E-state index contributed by atoms with van der Waals surface area (Å²) in [7, 11) is 0. The molecule has 1 aromatic carbocycles. The van der Waals surface area contributed by atoms with Crippen molar-refractivity contribution in [2.75, 3.05) is 11.4 Å². The zero-order valence-corrected chi connectivity index (χ0v) is 9.18. The number of carbonyl (C=O) groups is 1. The highest BCUT2D eigenvalue weighted by Crippen LogP contribution is 2.35. The summed E-state index contributed by atoms with van der Waals surface area (Å²) < 4.78 is 0. The molecule has 1 aromatic rings. The van der Waals surface area contributed by atoms with Gasteiger partial charge in [-0.3, -0.25) is 4.79 Å². The normalized spacial score (nSPS) is 18.6. The monoisotopic (exact) mass is 221 g/mol. The van der Waals surface area contributed by atoms with Crippen molar-refractivity contribution < 1.29 is 15.0 Å². The number of hydrogen-bond acceptors (Lipinski definition) is 3. The number of anilines is 1. The molecule has 0 amide bonds. The number of nitrogens with zero attached hydrogens (tertiary/aromatic N) is 1. The molecule has 0 aromatic heterocycles. The molecule has 1 unspecified atom stereocenters. The number of aliphatic carboxylic acids is 1. The zero-order valence-electron chi connectivity index (χ0n) is 9.18. The standard InChI is InChI=1S/C12H15NO3/c1-2-13-9(7-12(15)16)5-8-6-10(14)3-4-11(8)13/h3-4,6,9,14H,2,5,7H2,1H3,(H,15,16). The molecule has 1 aliphatic heterocycles. The van der Waals surface area contributed by atoms with Gasteiger partial charge in [-0.15, -0.1) is 0 Å². The maximum absolute atomic E-state index is 10.8. The quantitative estimate of drug-likeness (QED) is 0.814. The molecule has 0 aliphatic carbocycles. The minimum Gasteiger partial charge on any atom is -0.508 e. The zero-order chi connectivity index (χ0) is 11.7. The summed E-state index contributed by atoms with van der Waals surface area (Å²) in [6.07, 6.45) is 0.840. The maximum atomic E-state index is 10.8. The molecule has 4 heteroatoms. The Hall–Kier alpha value is -1.71. The smallest absolute Gasteiger partial charge is 0.305 e. The summed E-state index contributed by atoms with van der Waals surface area (Å²) in [4.78, 5) is 12.8. The average Bonchev–Trinajstić information content (AvgIpc) is 2.52. The first-order chi connectivity index (χ1) is 7.61. The van der Waals surface area contributed by atoms with Crippen molar-refractivity contribution in [2.24, 2.45) is 0 Å². The van der Waals surface area contributed by atoms with E-state index in [0.29, 0.717) is 6.42 Å². The molecule has 0 saturated carbocycles. The minimum absolute atomic E-state index is 0.0132. The van der Waals surface area contributed by atoms with Crippen molar-refractivity contribution in [1.82, 2.24) is 0 Å². The van der Waals surface area contributed by atoms with Gasteiger partial charge in [0.15, 0.2) is 0 Å². The van der Waals surface area contributed by atoms with Crippen molar-refractivity contribution in [1.29, 1.82) is 0 Å². The van der Waals surface area contributed by atoms with E-state index in [0.717, 1.165) is 17.8 Å². The minimum atomic E-state index is -0.777. The predicted molar refractivity (Wildman–Crippen MR) is 60.9 cm³/mol. The fourth-order valence-corrected chi connectivity index (χ4v) is 2.39. The number of carboxylic acid groups (broad SMARTS) is 1. The van der Waals surface area contributed by atoms with Crippen molar-refractivity contribution in [3.63, 3.8) is 0 Å². The van der Waals surface area contributed by atoms with Gasteiger partial charge >= 0.3 is 5.97 Å². The van der Waals surface area contributed by atoms with Gasteiger partial charge in [0, 0.05) is 18.3 Å². The fourth-order valence-electron chi connectivity index (χ4n) is 2.39. The van der Waals surface area contributed by atoms with Crippen LogP contribution in [0.15, 0.2) is 18.2 Å². The molecule has 0 saturated heterocycles. The maximum Gasteiger partial charge on any atom is 0.305 e. The highest BCUT2D eigenvalue weighted by atomic mass is 16.4. The average molecular weight is 221 g/mol. The van der Waals surface area contributed by atoms with Gasteiger partial charge in [0.2, 0.25) is 0 Å². The molecule has 0 bridgehead atoms. The number of phenolic OH excluding ortho intramolecular Hbond substituents is 1. The first-order valence-corrected chi connectivity index (χ1v) is 5.42. The number of likely N-dealkylation sites (N-methyl/N-ethyl adjacent to an activating group) is 1. The number of benzene rings is 1. The Balaban J connectivity index is 2.28. The van der Waals surface area contributed by atoms with E-state index in [2.05, 4.69) is 4.90 Å². The molecule has 2 rings (SSSR count). The Bertz CT molecular complexity index is 417. The third kappa shape index (κ3) is 1.83. The van der Waals surface area contributed by atoms with E-state index in [1.165, 1.54) is 0 Å². The molecule has 0 spiro atoms. The third-order valence-electron chi connectivity index (χ3n) is 3.02. The van der Waals surface area contributed by atoms with Crippen LogP contribution in [0.4, 0.5) is 5.69 Å². The van der Waals surface area contributed by atoms with E-state index in [1.807, 2.05) is 13.0 Å². The van der Waals surface area contributed by atoms with Crippen LogP contribution in [-0.2, 0) is 11.2 Å². The van der Waals surface area contributed by atoms with E-state index >= 15 is 0 Å². The van der Waals surface area contributed by atoms with E-state index in [1.54, 1.807) is 12.1 Å². The van der Waals surface area contributed by atoms with Crippen molar-refractivity contribution >= 4 is 11.7 Å². The summed E-state index contributed by atoms with van der Waals surface area (Å²) in [5.41, 5.74) is 2.08. The number of hydrogen-bond donors (Lipinski definition) is 2. The van der Waals surface area contributed by atoms with Crippen molar-refractivity contribution in [3.05, 3.63) is 23.8 Å². The molecule has 1 atom stereocenters. The molecule has 1 aliphatic rings. The van der Waals surface area contributed by atoms with E-state index in [-0.39, 0.29) is 18.2 Å². The van der Waals surface area contributed by atoms with Crippen LogP contribution in [0.2, 0.25) is 0 Å². The second-order valence-corrected chi connectivity index (χ2v) is 4.05. The highest BCUT2D eigenvalue weighted by Gasteiger charge is 2.29. The van der Waals surface area contributed by atoms with Crippen LogP contribution in [0.25, 0.3) is 0 Å². The predicted octanol–water partition coefficient (Wildman–Crippen LogP) is 1.62. The molecule has 86 valence electrons. The van der Waals surface area contributed by atoms with Crippen LogP contribution >= 0.6 is 0 Å². The van der Waals surface area contributed by atoms with Gasteiger partial charge in [-0.25, -0.2) is 0 Å². The summed E-state index contributed by atoms with van der Waals surface area (Å²) in [5, 5.41) is 18.2. The van der Waals surface area contributed by atoms with E-state index in [9.17, 15) is 9.90 Å². The Labute approximate surface area is 94.1 Å². The van der Waals surface area contributed by atoms with Gasteiger partial charge < -0.3 is 15.1 Å². The fraction of sp³-hybridized carbons (Fsp3) is 0.417. The molecule has 0 radical (unpaired) electrons. The Kier molecular flexibility index (Phi) is 2.73. The Morgan fingerprint density at radius 2 is 2.31 bits per heavy atom. The van der Waals surface area contributed by atoms with E-state index in [4.69, 9.17) is 5.11 Å². The van der Waals surface area contributed by atoms with Crippen molar-refractivity contribution in [3.8, 4) is 5.75 Å². The molecule has 0 fully saturated rings. The summed E-state index contributed by atoms with van der Waals surface area (Å²) in [6.45, 7) is 2.80. The van der Waals surface area contributed by atoms with Gasteiger partial charge in [-0.1, -0.05) is 0 Å². The third-order valence-corrected chi connectivity index (χ3v) is 3.02. The number of aromatic hydroxyl groups is 1. The van der Waals surface area contributed by atoms with E-state index < -0.39 is 5.97 Å². The summed E-state index contributed by atoms with van der Waals surface area (Å²) in [5.74, 6) is -0.536. The van der Waals surface area contributed by atoms with Crippen LogP contribution in [0.5, 0.6) is 5.75 Å². The Morgan fingerprint density at radius 3 is 2.94 bits per heavy atom. The van der Waals surface area contributed by atoms with Crippen LogP contribution in [0.1, 0.15) is 18.9 Å². The van der Waals surface area contributed by atoms with Gasteiger partial charge in [0.25, 0.3) is 0 Å². The molecular formula is C12H15NO3. The SMILES string of the molecule is CCN1c2ccc(O)cc2CC1CC(=O)O. The molecule has 1 heterocycles. The summed E-state index contributed by atoms with van der Waals surface area (Å²) >= 11 is 0. The molecule has 2 N–H and O–H groups in total. The lowest BCUT2D eigenvalue weighted by molar-refractivity contribution is -0.137. The summed E-state index contributed by atoms with van der Waals surface area (Å²) in [6, 6.07) is 5.24. The largest absolute Gasteiger partial charge is 0.508 e. The topological polar surface area (TPSA) is 60.8 Å². The highest BCUT2D eigenvalue weighted by molar-refractivity contribution is 5.71. The van der Waals surface area contributed by atoms with Crippen LogP contribution in [0, 0.1) is 0 Å². The van der Waals surface area contributed by atoms with Crippen LogP contribution < -0.4 is 4.90 Å². The number of phenols is 1.